The van der Waals surface area contributed by atoms with Gasteiger partial charge in [0, 0.05) is 11.3 Å². The lowest BCUT2D eigenvalue weighted by atomic mass is 9.95. The molecule has 0 fully saturated rings. The minimum absolute atomic E-state index is 0.112. The summed E-state index contributed by atoms with van der Waals surface area (Å²) in [5.74, 6) is 0.981. The van der Waals surface area contributed by atoms with Crippen LogP contribution in [0.25, 0.3) is 0 Å². The number of anilines is 1. The van der Waals surface area contributed by atoms with E-state index in [9.17, 15) is 9.59 Å². The first-order valence-corrected chi connectivity index (χ1v) is 10.4. The Balaban J connectivity index is 1.44. The highest BCUT2D eigenvalue weighted by Crippen LogP contribution is 2.38. The first kappa shape index (κ1) is 18.8. The van der Waals surface area contributed by atoms with Crippen molar-refractivity contribution >= 4 is 28.2 Å². The topological polar surface area (TPSA) is 73.9 Å². The highest BCUT2D eigenvalue weighted by atomic mass is 32.1. The Labute approximate surface area is 167 Å². The molecule has 0 spiro atoms. The number of hydrogen-bond acceptors (Lipinski definition) is 6. The number of benzene rings is 1. The third kappa shape index (κ3) is 3.85. The van der Waals surface area contributed by atoms with E-state index in [2.05, 4.69) is 5.32 Å². The zero-order valence-electron chi connectivity index (χ0n) is 15.8. The van der Waals surface area contributed by atoms with Gasteiger partial charge in [-0.2, -0.15) is 0 Å². The Morgan fingerprint density at radius 1 is 1.14 bits per heavy atom. The maximum absolute atomic E-state index is 12.5. The van der Waals surface area contributed by atoms with Gasteiger partial charge in [0.2, 0.25) is 5.91 Å². The molecule has 1 aliphatic carbocycles. The van der Waals surface area contributed by atoms with Crippen molar-refractivity contribution in [2.75, 3.05) is 25.6 Å². The molecule has 2 aliphatic rings. The Morgan fingerprint density at radius 3 is 2.75 bits per heavy atom. The van der Waals surface area contributed by atoms with Gasteiger partial charge in [-0.1, -0.05) is 6.07 Å². The first-order chi connectivity index (χ1) is 13.7. The van der Waals surface area contributed by atoms with Crippen molar-refractivity contribution in [2.24, 2.45) is 0 Å². The van der Waals surface area contributed by atoms with Crippen LogP contribution in [0, 0.1) is 0 Å². The minimum Gasteiger partial charge on any atom is -0.486 e. The number of thiophene rings is 1. The maximum Gasteiger partial charge on any atom is 0.341 e. The SMILES string of the molecule is COC(=O)c1c(NC(=O)CCc2ccc3c(c2)OCCO3)sc2c1CCCC2. The van der Waals surface area contributed by atoms with Crippen LogP contribution in [0.2, 0.25) is 0 Å². The quantitative estimate of drug-likeness (QED) is 0.773. The number of nitrogens with one attached hydrogen (secondary N) is 1. The molecule has 0 saturated heterocycles. The summed E-state index contributed by atoms with van der Waals surface area (Å²) in [6.07, 6.45) is 4.90. The summed E-state index contributed by atoms with van der Waals surface area (Å²) in [5.41, 5.74) is 2.60. The number of carbonyl (C=O) groups is 2. The number of amides is 1. The Bertz CT molecular complexity index is 904. The highest BCUT2D eigenvalue weighted by Gasteiger charge is 2.26. The summed E-state index contributed by atoms with van der Waals surface area (Å²) >= 11 is 1.50. The fourth-order valence-corrected chi connectivity index (χ4v) is 4.96. The predicted octanol–water partition coefficient (Wildman–Crippen LogP) is 3.76. The van der Waals surface area contributed by atoms with Crippen LogP contribution in [0.4, 0.5) is 5.00 Å². The van der Waals surface area contributed by atoms with E-state index in [1.54, 1.807) is 0 Å². The molecule has 28 heavy (non-hydrogen) atoms. The van der Waals surface area contributed by atoms with Crippen molar-refractivity contribution in [1.82, 2.24) is 0 Å². The second-order valence-corrected chi connectivity index (χ2v) is 8.04. The van der Waals surface area contributed by atoms with E-state index in [0.29, 0.717) is 36.6 Å². The Hall–Kier alpha value is -2.54. The molecule has 1 aromatic heterocycles. The zero-order chi connectivity index (χ0) is 19.5. The lowest BCUT2D eigenvalue weighted by Crippen LogP contribution is -2.16. The number of esters is 1. The van der Waals surface area contributed by atoms with E-state index < -0.39 is 0 Å². The monoisotopic (exact) mass is 401 g/mol. The molecule has 7 heteroatoms. The molecule has 1 N–H and O–H groups in total. The smallest absolute Gasteiger partial charge is 0.341 e. The Kier molecular flexibility index (Phi) is 5.52. The summed E-state index contributed by atoms with van der Waals surface area (Å²) in [6.45, 7) is 1.10. The third-order valence-corrected chi connectivity index (χ3v) is 6.27. The second-order valence-electron chi connectivity index (χ2n) is 6.93. The lowest BCUT2D eigenvalue weighted by Gasteiger charge is -2.18. The number of carbonyl (C=O) groups excluding carboxylic acids is 2. The molecule has 6 nitrogen and oxygen atoms in total. The third-order valence-electron chi connectivity index (χ3n) is 5.06. The molecule has 0 saturated carbocycles. The molecule has 1 aromatic carbocycles. The van der Waals surface area contributed by atoms with E-state index in [1.807, 2.05) is 18.2 Å². The van der Waals surface area contributed by atoms with Crippen LogP contribution in [0.5, 0.6) is 11.5 Å². The number of aryl methyl sites for hydroxylation is 2. The highest BCUT2D eigenvalue weighted by molar-refractivity contribution is 7.17. The van der Waals surface area contributed by atoms with Crippen molar-refractivity contribution in [3.05, 3.63) is 39.8 Å². The van der Waals surface area contributed by atoms with Gasteiger partial charge in [-0.3, -0.25) is 4.79 Å². The molecule has 2 aromatic rings. The van der Waals surface area contributed by atoms with Gasteiger partial charge in [-0.25, -0.2) is 4.79 Å². The van der Waals surface area contributed by atoms with Crippen LogP contribution in [0.3, 0.4) is 0 Å². The first-order valence-electron chi connectivity index (χ1n) is 9.57. The molecule has 148 valence electrons. The maximum atomic E-state index is 12.5. The van der Waals surface area contributed by atoms with E-state index in [1.165, 1.54) is 23.3 Å². The molecular weight excluding hydrogens is 378 g/mol. The van der Waals surface area contributed by atoms with Gasteiger partial charge in [0.05, 0.1) is 12.7 Å². The van der Waals surface area contributed by atoms with E-state index in [4.69, 9.17) is 14.2 Å². The summed E-state index contributed by atoms with van der Waals surface area (Å²) < 4.78 is 16.1. The number of hydrogen-bond donors (Lipinski definition) is 1. The van der Waals surface area contributed by atoms with Crippen molar-refractivity contribution in [3.8, 4) is 11.5 Å². The van der Waals surface area contributed by atoms with Crippen LogP contribution < -0.4 is 14.8 Å². The molecule has 1 aliphatic heterocycles. The summed E-state index contributed by atoms with van der Waals surface area (Å²) in [6, 6.07) is 5.75. The fourth-order valence-electron chi connectivity index (χ4n) is 3.66. The average Bonchev–Trinajstić information content (AvgIpc) is 3.09. The second kappa shape index (κ2) is 8.22. The molecule has 0 bridgehead atoms. The van der Waals surface area contributed by atoms with Crippen LogP contribution in [-0.4, -0.2) is 32.2 Å². The normalized spacial score (nSPS) is 14.9. The van der Waals surface area contributed by atoms with Crippen molar-refractivity contribution in [1.29, 1.82) is 0 Å². The van der Waals surface area contributed by atoms with Crippen LogP contribution in [-0.2, 0) is 28.8 Å². The van der Waals surface area contributed by atoms with Crippen LogP contribution in [0.1, 0.15) is 45.6 Å². The van der Waals surface area contributed by atoms with Crippen molar-refractivity contribution in [3.63, 3.8) is 0 Å². The van der Waals surface area contributed by atoms with Gasteiger partial charge >= 0.3 is 5.97 Å². The van der Waals surface area contributed by atoms with E-state index in [-0.39, 0.29) is 11.9 Å². The Morgan fingerprint density at radius 2 is 1.93 bits per heavy atom. The van der Waals surface area contributed by atoms with Gasteiger partial charge in [-0.05, 0) is 55.4 Å². The zero-order valence-corrected chi connectivity index (χ0v) is 16.7. The lowest BCUT2D eigenvalue weighted by molar-refractivity contribution is -0.116. The number of fused-ring (bicyclic) bond motifs is 2. The van der Waals surface area contributed by atoms with E-state index in [0.717, 1.165) is 48.3 Å². The van der Waals surface area contributed by atoms with Crippen LogP contribution >= 0.6 is 11.3 Å². The number of ether oxygens (including phenoxy) is 3. The summed E-state index contributed by atoms with van der Waals surface area (Å²) in [5, 5.41) is 3.55. The van der Waals surface area contributed by atoms with Crippen LogP contribution in [0.15, 0.2) is 18.2 Å². The van der Waals surface area contributed by atoms with Crippen molar-refractivity contribution in [2.45, 2.75) is 38.5 Å². The van der Waals surface area contributed by atoms with Crippen molar-refractivity contribution < 1.29 is 23.8 Å². The van der Waals surface area contributed by atoms with Gasteiger partial charge in [-0.15, -0.1) is 11.3 Å². The minimum atomic E-state index is -0.374. The summed E-state index contributed by atoms with van der Waals surface area (Å²) in [4.78, 5) is 26.0. The molecule has 0 radical (unpaired) electrons. The molecule has 1 amide bonds. The number of methoxy groups -OCH3 is 1. The van der Waals surface area contributed by atoms with E-state index >= 15 is 0 Å². The van der Waals surface area contributed by atoms with Gasteiger partial charge in [0.1, 0.15) is 18.2 Å². The fraction of sp³-hybridized carbons (Fsp3) is 0.429. The van der Waals surface area contributed by atoms with Gasteiger partial charge in [0.15, 0.2) is 11.5 Å². The molecule has 0 atom stereocenters. The van der Waals surface area contributed by atoms with Gasteiger partial charge in [0.25, 0.3) is 0 Å². The average molecular weight is 401 g/mol. The molecular formula is C21H23NO5S. The number of rotatable bonds is 5. The summed E-state index contributed by atoms with van der Waals surface area (Å²) in [7, 11) is 1.38. The van der Waals surface area contributed by atoms with Gasteiger partial charge < -0.3 is 19.5 Å². The molecule has 2 heterocycles. The standard InChI is InChI=1S/C21H23NO5S/c1-25-21(24)19-14-4-2-3-5-17(14)28-20(19)22-18(23)9-7-13-6-8-15-16(12-13)27-11-10-26-15/h6,8,12H,2-5,7,9-11H2,1H3,(H,22,23). The molecule has 0 unspecified atom stereocenters. The molecule has 4 rings (SSSR count). The largest absolute Gasteiger partial charge is 0.486 e. The predicted molar refractivity (Wildman–Crippen MR) is 107 cm³/mol.